The Morgan fingerprint density at radius 2 is 1.81 bits per heavy atom. The SMILES string of the molecule is CCC(C)n1ncn([C@@H](C)C(C)N2CCN(c3ccc(OC[C@H](CO)OC4C=CN=N4)cc3)CC2)c1=O. The molecule has 0 aliphatic carbocycles. The molecule has 4 rings (SSSR count). The summed E-state index contributed by atoms with van der Waals surface area (Å²) >= 11 is 0. The Balaban J connectivity index is 1.26. The van der Waals surface area contributed by atoms with Crippen LogP contribution in [0, 0.1) is 0 Å². The Bertz CT molecular complexity index is 1090. The summed E-state index contributed by atoms with van der Waals surface area (Å²) in [5.41, 5.74) is 1.11. The number of anilines is 1. The third kappa shape index (κ3) is 6.46. The first kappa shape index (κ1) is 27.0. The molecule has 0 amide bonds. The molecule has 0 bridgehead atoms. The van der Waals surface area contributed by atoms with E-state index in [0.29, 0.717) is 0 Å². The van der Waals surface area contributed by atoms with Crippen LogP contribution in [0.1, 0.15) is 46.2 Å². The Morgan fingerprint density at radius 1 is 1.08 bits per heavy atom. The predicted octanol–water partition coefficient (Wildman–Crippen LogP) is 2.85. The molecule has 1 fully saturated rings. The molecule has 2 aliphatic rings. The molecule has 0 radical (unpaired) electrons. The summed E-state index contributed by atoms with van der Waals surface area (Å²) in [4.78, 5) is 17.6. The lowest BCUT2D eigenvalue weighted by Gasteiger charge is -2.41. The fraction of sp³-hybridized carbons (Fsp3) is 0.615. The van der Waals surface area contributed by atoms with E-state index in [1.807, 2.05) is 19.1 Å². The van der Waals surface area contributed by atoms with Gasteiger partial charge >= 0.3 is 5.69 Å². The first-order valence-corrected chi connectivity index (χ1v) is 13.1. The minimum absolute atomic E-state index is 0.0348. The van der Waals surface area contributed by atoms with Crippen LogP contribution in [0.2, 0.25) is 0 Å². The molecule has 202 valence electrons. The van der Waals surface area contributed by atoms with Crippen molar-refractivity contribution < 1.29 is 14.6 Å². The third-order valence-corrected chi connectivity index (χ3v) is 7.42. The first-order chi connectivity index (χ1) is 17.9. The van der Waals surface area contributed by atoms with Gasteiger partial charge in [0.1, 0.15) is 24.8 Å². The van der Waals surface area contributed by atoms with Crippen LogP contribution in [0.15, 0.2) is 57.9 Å². The second-order valence-corrected chi connectivity index (χ2v) is 9.74. The zero-order valence-electron chi connectivity index (χ0n) is 22.2. The molecule has 0 saturated carbocycles. The van der Waals surface area contributed by atoms with Gasteiger partial charge in [0.05, 0.1) is 18.7 Å². The highest BCUT2D eigenvalue weighted by Crippen LogP contribution is 2.23. The van der Waals surface area contributed by atoms with Gasteiger partial charge < -0.3 is 19.5 Å². The van der Waals surface area contributed by atoms with Crippen molar-refractivity contribution in [1.29, 1.82) is 0 Å². The summed E-state index contributed by atoms with van der Waals surface area (Å²) in [5, 5.41) is 21.5. The third-order valence-electron chi connectivity index (χ3n) is 7.42. The van der Waals surface area contributed by atoms with E-state index >= 15 is 0 Å². The maximum Gasteiger partial charge on any atom is 0.346 e. The minimum Gasteiger partial charge on any atom is -0.491 e. The van der Waals surface area contributed by atoms with Gasteiger partial charge in [0.15, 0.2) is 6.23 Å². The molecule has 1 N–H and O–H groups in total. The molecular formula is C26H39N7O4. The topological polar surface area (TPSA) is 110 Å². The van der Waals surface area contributed by atoms with Crippen LogP contribution in [-0.4, -0.2) is 82.1 Å². The van der Waals surface area contributed by atoms with E-state index in [1.165, 1.54) is 0 Å². The summed E-state index contributed by atoms with van der Waals surface area (Å²) in [6.45, 7) is 12.1. The lowest BCUT2D eigenvalue weighted by molar-refractivity contribution is -0.0379. The molecule has 3 unspecified atom stereocenters. The second kappa shape index (κ2) is 12.5. The predicted molar refractivity (Wildman–Crippen MR) is 141 cm³/mol. The number of benzene rings is 1. The Kier molecular flexibility index (Phi) is 9.12. The van der Waals surface area contributed by atoms with Crippen LogP contribution in [-0.2, 0) is 4.74 Å². The summed E-state index contributed by atoms with van der Waals surface area (Å²) < 4.78 is 14.8. The van der Waals surface area contributed by atoms with Gasteiger partial charge in [0.2, 0.25) is 0 Å². The van der Waals surface area contributed by atoms with Crippen molar-refractivity contribution in [1.82, 2.24) is 19.2 Å². The molecular weight excluding hydrogens is 474 g/mol. The fourth-order valence-electron chi connectivity index (χ4n) is 4.61. The van der Waals surface area contributed by atoms with E-state index in [2.05, 4.69) is 58.0 Å². The Hall–Kier alpha value is -3.02. The molecule has 11 heteroatoms. The lowest BCUT2D eigenvalue weighted by atomic mass is 10.1. The maximum atomic E-state index is 12.8. The number of aliphatic hydroxyl groups excluding tert-OH is 1. The van der Waals surface area contributed by atoms with Crippen molar-refractivity contribution in [2.75, 3.05) is 44.3 Å². The zero-order chi connectivity index (χ0) is 26.4. The van der Waals surface area contributed by atoms with Gasteiger partial charge in [-0.05, 0) is 57.5 Å². The molecule has 2 aromatic rings. The van der Waals surface area contributed by atoms with E-state index in [0.717, 1.165) is 44.0 Å². The van der Waals surface area contributed by atoms with Crippen molar-refractivity contribution in [3.8, 4) is 5.75 Å². The maximum absolute atomic E-state index is 12.8. The van der Waals surface area contributed by atoms with Crippen LogP contribution in [0.3, 0.4) is 0 Å². The smallest absolute Gasteiger partial charge is 0.346 e. The number of hydrogen-bond donors (Lipinski definition) is 1. The molecule has 0 spiro atoms. The van der Waals surface area contributed by atoms with E-state index in [4.69, 9.17) is 9.47 Å². The Labute approximate surface area is 218 Å². The van der Waals surface area contributed by atoms with Gasteiger partial charge in [0, 0.05) is 44.1 Å². The average molecular weight is 514 g/mol. The van der Waals surface area contributed by atoms with Gasteiger partial charge in [0.25, 0.3) is 0 Å². The minimum atomic E-state index is -0.482. The van der Waals surface area contributed by atoms with Crippen LogP contribution in [0.5, 0.6) is 5.75 Å². The van der Waals surface area contributed by atoms with E-state index < -0.39 is 12.3 Å². The number of ether oxygens (including phenoxy) is 2. The molecule has 11 nitrogen and oxygen atoms in total. The molecule has 1 aromatic heterocycles. The monoisotopic (exact) mass is 513 g/mol. The van der Waals surface area contributed by atoms with E-state index in [9.17, 15) is 9.90 Å². The number of nitrogens with zero attached hydrogens (tertiary/aromatic N) is 7. The zero-order valence-corrected chi connectivity index (χ0v) is 22.2. The van der Waals surface area contributed by atoms with Gasteiger partial charge in [-0.25, -0.2) is 9.48 Å². The van der Waals surface area contributed by atoms with Gasteiger partial charge in [-0.2, -0.15) is 15.3 Å². The van der Waals surface area contributed by atoms with Crippen LogP contribution in [0.4, 0.5) is 5.69 Å². The van der Waals surface area contributed by atoms with Gasteiger partial charge in [-0.1, -0.05) is 6.92 Å². The normalized spacial score (nSPS) is 21.2. The van der Waals surface area contributed by atoms with Crippen molar-refractivity contribution in [3.05, 3.63) is 53.4 Å². The Morgan fingerprint density at radius 3 is 2.43 bits per heavy atom. The number of azo groups is 1. The van der Waals surface area contributed by atoms with E-state index in [1.54, 1.807) is 27.9 Å². The second-order valence-electron chi connectivity index (χ2n) is 9.74. The number of aliphatic hydroxyl groups is 1. The molecule has 1 saturated heterocycles. The summed E-state index contributed by atoms with van der Waals surface area (Å²) in [7, 11) is 0. The van der Waals surface area contributed by atoms with Crippen molar-refractivity contribution in [3.63, 3.8) is 0 Å². The molecule has 5 atom stereocenters. The number of piperazine rings is 1. The average Bonchev–Trinajstić information content (AvgIpc) is 3.59. The first-order valence-electron chi connectivity index (χ1n) is 13.1. The standard InChI is InChI=1S/C26H39N7O4/c1-5-19(2)33-26(35)32(18-28-33)21(4)20(3)30-12-14-31(15-13-30)22-6-8-23(9-7-22)36-17-24(16-34)37-25-10-11-27-29-25/h6-11,18-21,24-25,34H,5,12-17H2,1-4H3/t19?,20?,21-,24-,25?/m0/s1. The highest BCUT2D eigenvalue weighted by molar-refractivity contribution is 5.49. The fourth-order valence-corrected chi connectivity index (χ4v) is 4.61. The van der Waals surface area contributed by atoms with Crippen molar-refractivity contribution in [2.24, 2.45) is 10.2 Å². The molecule has 3 heterocycles. The molecule has 2 aliphatic heterocycles. The number of hydrogen-bond acceptors (Lipinski definition) is 9. The molecule has 1 aromatic carbocycles. The quantitative estimate of drug-likeness (QED) is 0.465. The summed E-state index contributed by atoms with van der Waals surface area (Å²) in [6, 6.07) is 8.35. The highest BCUT2D eigenvalue weighted by Gasteiger charge is 2.27. The highest BCUT2D eigenvalue weighted by atomic mass is 16.6. The molecule has 37 heavy (non-hydrogen) atoms. The van der Waals surface area contributed by atoms with Crippen LogP contribution in [0.25, 0.3) is 0 Å². The number of aromatic nitrogens is 3. The summed E-state index contributed by atoms with van der Waals surface area (Å²) in [6.07, 6.45) is 4.91. The number of rotatable bonds is 12. The van der Waals surface area contributed by atoms with Crippen molar-refractivity contribution in [2.45, 2.75) is 64.6 Å². The summed E-state index contributed by atoms with van der Waals surface area (Å²) in [5.74, 6) is 0.721. The lowest BCUT2D eigenvalue weighted by Crippen LogP contribution is -2.52. The van der Waals surface area contributed by atoms with Crippen molar-refractivity contribution >= 4 is 5.69 Å². The largest absolute Gasteiger partial charge is 0.491 e. The van der Waals surface area contributed by atoms with Gasteiger partial charge in [-0.15, -0.1) is 0 Å². The van der Waals surface area contributed by atoms with Gasteiger partial charge in [-0.3, -0.25) is 9.47 Å². The van der Waals surface area contributed by atoms with Crippen LogP contribution >= 0.6 is 0 Å². The van der Waals surface area contributed by atoms with E-state index in [-0.39, 0.29) is 37.0 Å². The van der Waals surface area contributed by atoms with Crippen LogP contribution < -0.4 is 15.3 Å².